The summed E-state index contributed by atoms with van der Waals surface area (Å²) < 4.78 is 27.7. The first-order valence-electron chi connectivity index (χ1n) is 8.61. The summed E-state index contributed by atoms with van der Waals surface area (Å²) in [7, 11) is 4.71. The number of methoxy groups -OCH3 is 3. The summed E-state index contributed by atoms with van der Waals surface area (Å²) >= 11 is 5.70. The van der Waals surface area contributed by atoms with Crippen LogP contribution in [0.1, 0.15) is 5.56 Å². The zero-order valence-corrected chi connectivity index (χ0v) is 16.5. The zero-order valence-electron chi connectivity index (χ0n) is 15.7. The maximum atomic E-state index is 6.14. The Kier molecular flexibility index (Phi) is 6.36. The lowest BCUT2D eigenvalue weighted by atomic mass is 10.1. The summed E-state index contributed by atoms with van der Waals surface area (Å²) in [5.41, 5.74) is 0.864. The van der Waals surface area contributed by atoms with E-state index in [4.69, 9.17) is 35.9 Å². The minimum Gasteiger partial charge on any atom is -0.493 e. The van der Waals surface area contributed by atoms with E-state index in [-0.39, 0.29) is 0 Å². The van der Waals surface area contributed by atoms with Crippen molar-refractivity contribution in [2.24, 2.45) is 0 Å². The van der Waals surface area contributed by atoms with Crippen LogP contribution in [0.4, 0.5) is 0 Å². The van der Waals surface area contributed by atoms with Crippen molar-refractivity contribution in [3.8, 4) is 28.7 Å². The lowest BCUT2D eigenvalue weighted by molar-refractivity contribution is 0.0692. The molecule has 0 spiro atoms. The number of para-hydroxylation sites is 1. The van der Waals surface area contributed by atoms with E-state index in [9.17, 15) is 0 Å². The molecule has 1 heterocycles. The van der Waals surface area contributed by atoms with Gasteiger partial charge in [-0.25, -0.2) is 0 Å². The second-order valence-corrected chi connectivity index (χ2v) is 6.25. The molecular weight excluding hydrogens is 366 g/mol. The highest BCUT2D eigenvalue weighted by Gasteiger charge is 2.20. The van der Waals surface area contributed by atoms with E-state index in [1.165, 1.54) is 0 Å². The van der Waals surface area contributed by atoms with Crippen LogP contribution >= 0.6 is 12.2 Å². The molecule has 0 aromatic heterocycles. The molecule has 2 aromatic rings. The second-order valence-electron chi connectivity index (χ2n) is 5.86. The molecule has 1 aliphatic rings. The van der Waals surface area contributed by atoms with Crippen LogP contribution in [0.2, 0.25) is 0 Å². The highest BCUT2D eigenvalue weighted by atomic mass is 32.1. The van der Waals surface area contributed by atoms with Gasteiger partial charge in [0, 0.05) is 25.2 Å². The SMILES string of the molecule is COc1cc(Oc2ccccc2C(=S)N2CCOCC2)cc(OC)c1OC. The maximum absolute atomic E-state index is 6.14. The van der Waals surface area contributed by atoms with Crippen LogP contribution in [0.25, 0.3) is 0 Å². The molecule has 144 valence electrons. The Hall–Kier alpha value is -2.51. The van der Waals surface area contributed by atoms with E-state index < -0.39 is 0 Å². The van der Waals surface area contributed by atoms with Crippen LogP contribution in [0.3, 0.4) is 0 Å². The first-order valence-corrected chi connectivity index (χ1v) is 9.02. The highest BCUT2D eigenvalue weighted by Crippen LogP contribution is 2.42. The Morgan fingerprint density at radius 3 is 2.15 bits per heavy atom. The van der Waals surface area contributed by atoms with Gasteiger partial charge in [0.15, 0.2) is 11.5 Å². The third kappa shape index (κ3) is 4.26. The van der Waals surface area contributed by atoms with Crippen molar-refractivity contribution in [2.45, 2.75) is 0 Å². The largest absolute Gasteiger partial charge is 0.493 e. The Labute approximate surface area is 164 Å². The fourth-order valence-corrected chi connectivity index (χ4v) is 3.26. The zero-order chi connectivity index (χ0) is 19.2. The number of benzene rings is 2. The average Bonchev–Trinajstić information content (AvgIpc) is 2.73. The first kappa shape index (κ1) is 19.3. The number of ether oxygens (including phenoxy) is 5. The fraction of sp³-hybridized carbons (Fsp3) is 0.350. The van der Waals surface area contributed by atoms with Gasteiger partial charge in [0.25, 0.3) is 0 Å². The normalized spacial score (nSPS) is 13.8. The summed E-state index contributed by atoms with van der Waals surface area (Å²) in [6, 6.07) is 11.2. The average molecular weight is 389 g/mol. The third-order valence-corrected chi connectivity index (χ3v) is 4.76. The summed E-state index contributed by atoms with van der Waals surface area (Å²) in [6.45, 7) is 2.90. The molecule has 0 aliphatic carbocycles. The van der Waals surface area contributed by atoms with Gasteiger partial charge in [-0.3, -0.25) is 0 Å². The number of rotatable bonds is 6. The number of thiocarbonyl (C=S) groups is 1. The van der Waals surface area contributed by atoms with Crippen molar-refractivity contribution >= 4 is 17.2 Å². The Balaban J connectivity index is 1.91. The molecule has 0 saturated carbocycles. The van der Waals surface area contributed by atoms with Crippen LogP contribution in [0.5, 0.6) is 28.7 Å². The molecule has 0 N–H and O–H groups in total. The number of hydrogen-bond acceptors (Lipinski definition) is 6. The highest BCUT2D eigenvalue weighted by molar-refractivity contribution is 7.80. The minimum absolute atomic E-state index is 0.518. The first-order chi connectivity index (χ1) is 13.2. The summed E-state index contributed by atoms with van der Waals surface area (Å²) in [4.78, 5) is 2.89. The van der Waals surface area contributed by atoms with Gasteiger partial charge in [-0.1, -0.05) is 24.4 Å². The Morgan fingerprint density at radius 1 is 0.926 bits per heavy atom. The molecule has 1 fully saturated rings. The van der Waals surface area contributed by atoms with Crippen LogP contribution in [-0.2, 0) is 4.74 Å². The van der Waals surface area contributed by atoms with Crippen molar-refractivity contribution in [2.75, 3.05) is 47.6 Å². The van der Waals surface area contributed by atoms with Gasteiger partial charge in [0.05, 0.1) is 40.1 Å². The molecule has 0 amide bonds. The molecule has 0 radical (unpaired) electrons. The summed E-state index contributed by atoms with van der Waals surface area (Å²) in [5.74, 6) is 2.81. The molecule has 7 heteroatoms. The molecule has 2 aromatic carbocycles. The van der Waals surface area contributed by atoms with Crippen LogP contribution in [-0.4, -0.2) is 57.5 Å². The molecular formula is C20H23NO5S. The quantitative estimate of drug-likeness (QED) is 0.701. The predicted octanol–water partition coefficient (Wildman–Crippen LogP) is 3.51. The lowest BCUT2D eigenvalue weighted by Crippen LogP contribution is -2.40. The molecule has 1 saturated heterocycles. The van der Waals surface area contributed by atoms with Gasteiger partial charge in [-0.2, -0.15) is 0 Å². The van der Waals surface area contributed by atoms with Gasteiger partial charge in [0.1, 0.15) is 16.5 Å². The standard InChI is InChI=1S/C20H23NO5S/c1-22-17-12-14(13-18(23-2)19(17)24-3)26-16-7-5-4-6-15(16)20(27)21-8-10-25-11-9-21/h4-7,12-13H,8-11H2,1-3H3. The molecule has 0 bridgehead atoms. The summed E-state index contributed by atoms with van der Waals surface area (Å²) in [6.07, 6.45) is 0. The third-order valence-electron chi connectivity index (χ3n) is 4.28. The van der Waals surface area contributed by atoms with Crippen LogP contribution in [0.15, 0.2) is 36.4 Å². The van der Waals surface area contributed by atoms with Crippen LogP contribution < -0.4 is 18.9 Å². The molecule has 0 atom stereocenters. The number of nitrogens with zero attached hydrogens (tertiary/aromatic N) is 1. The van der Waals surface area contributed by atoms with Gasteiger partial charge in [0.2, 0.25) is 5.75 Å². The van der Waals surface area contributed by atoms with E-state index in [0.29, 0.717) is 42.0 Å². The van der Waals surface area contributed by atoms with Crippen molar-refractivity contribution in [1.82, 2.24) is 4.90 Å². The molecule has 6 nitrogen and oxygen atoms in total. The molecule has 1 aliphatic heterocycles. The lowest BCUT2D eigenvalue weighted by Gasteiger charge is -2.29. The number of hydrogen-bond donors (Lipinski definition) is 0. The molecule has 27 heavy (non-hydrogen) atoms. The Morgan fingerprint density at radius 2 is 1.56 bits per heavy atom. The molecule has 0 unspecified atom stereocenters. The van der Waals surface area contributed by atoms with Gasteiger partial charge in [-0.15, -0.1) is 0 Å². The van der Waals surface area contributed by atoms with Crippen molar-refractivity contribution in [3.63, 3.8) is 0 Å². The second kappa shape index (κ2) is 8.92. The van der Waals surface area contributed by atoms with E-state index in [2.05, 4.69) is 4.90 Å². The van der Waals surface area contributed by atoms with Gasteiger partial charge in [-0.05, 0) is 12.1 Å². The van der Waals surface area contributed by atoms with Crippen LogP contribution in [0, 0.1) is 0 Å². The van der Waals surface area contributed by atoms with E-state index in [0.717, 1.165) is 23.6 Å². The molecule has 3 rings (SSSR count). The number of morpholine rings is 1. The van der Waals surface area contributed by atoms with Crippen molar-refractivity contribution < 1.29 is 23.7 Å². The monoisotopic (exact) mass is 389 g/mol. The van der Waals surface area contributed by atoms with Gasteiger partial charge >= 0.3 is 0 Å². The van der Waals surface area contributed by atoms with Crippen molar-refractivity contribution in [1.29, 1.82) is 0 Å². The maximum Gasteiger partial charge on any atom is 0.203 e. The fourth-order valence-electron chi connectivity index (χ4n) is 2.91. The minimum atomic E-state index is 0.518. The topological polar surface area (TPSA) is 49.4 Å². The van der Waals surface area contributed by atoms with Crippen molar-refractivity contribution in [3.05, 3.63) is 42.0 Å². The Bertz CT molecular complexity index is 780. The van der Waals surface area contributed by atoms with E-state index >= 15 is 0 Å². The predicted molar refractivity (Wildman–Crippen MR) is 107 cm³/mol. The van der Waals surface area contributed by atoms with Gasteiger partial charge < -0.3 is 28.6 Å². The summed E-state index contributed by atoms with van der Waals surface area (Å²) in [5, 5.41) is 0. The van der Waals surface area contributed by atoms with E-state index in [1.54, 1.807) is 33.5 Å². The van der Waals surface area contributed by atoms with E-state index in [1.807, 2.05) is 24.3 Å². The smallest absolute Gasteiger partial charge is 0.203 e.